The number of ether oxygens (including phenoxy) is 1. The van der Waals surface area contributed by atoms with Crippen LogP contribution in [0.15, 0.2) is 67.0 Å². The summed E-state index contributed by atoms with van der Waals surface area (Å²) in [5, 5.41) is 6.15. The molecule has 3 rings (SSSR count). The highest BCUT2D eigenvalue weighted by molar-refractivity contribution is 6.05. The van der Waals surface area contributed by atoms with Crippen LogP contribution in [0.5, 0.6) is 0 Å². The lowest BCUT2D eigenvalue weighted by Gasteiger charge is -2.14. The fourth-order valence-corrected chi connectivity index (χ4v) is 2.92. The largest absolute Gasteiger partial charge is 0.465 e. The monoisotopic (exact) mass is 389 g/mol. The van der Waals surface area contributed by atoms with Gasteiger partial charge in [0.25, 0.3) is 5.91 Å². The number of para-hydroxylation sites is 1. The number of pyridine rings is 1. The zero-order chi connectivity index (χ0) is 20.8. The summed E-state index contributed by atoms with van der Waals surface area (Å²) in [6.45, 7) is 4.17. The smallest absolute Gasteiger partial charge is 0.337 e. The third kappa shape index (κ3) is 4.99. The van der Waals surface area contributed by atoms with Gasteiger partial charge in [0.15, 0.2) is 0 Å². The van der Waals surface area contributed by atoms with Gasteiger partial charge in [-0.25, -0.2) is 4.79 Å². The molecule has 2 N–H and O–H groups in total. The van der Waals surface area contributed by atoms with Crippen molar-refractivity contribution in [1.29, 1.82) is 0 Å². The van der Waals surface area contributed by atoms with Gasteiger partial charge < -0.3 is 15.4 Å². The van der Waals surface area contributed by atoms with Crippen LogP contribution < -0.4 is 10.6 Å². The number of anilines is 3. The summed E-state index contributed by atoms with van der Waals surface area (Å²) in [7, 11) is 1.34. The summed E-state index contributed by atoms with van der Waals surface area (Å²) >= 11 is 0. The van der Waals surface area contributed by atoms with Crippen molar-refractivity contribution in [1.82, 2.24) is 4.98 Å². The highest BCUT2D eigenvalue weighted by Crippen LogP contribution is 2.24. The average molecular weight is 389 g/mol. The Labute approximate surface area is 169 Å². The number of hydrogen-bond donors (Lipinski definition) is 2. The second-order valence-corrected chi connectivity index (χ2v) is 6.85. The van der Waals surface area contributed by atoms with E-state index in [0.717, 1.165) is 16.9 Å². The van der Waals surface area contributed by atoms with Crippen LogP contribution in [0.1, 0.15) is 46.0 Å². The SMILES string of the molecule is COC(=O)c1ccc(Nc2cncc(C(=O)Nc3ccccc3C(C)C)c2)cc1. The molecule has 0 radical (unpaired) electrons. The van der Waals surface area contributed by atoms with E-state index in [1.807, 2.05) is 24.3 Å². The van der Waals surface area contributed by atoms with E-state index in [1.165, 1.54) is 13.3 Å². The van der Waals surface area contributed by atoms with Gasteiger partial charge in [-0.1, -0.05) is 32.0 Å². The van der Waals surface area contributed by atoms with E-state index in [4.69, 9.17) is 4.74 Å². The number of methoxy groups -OCH3 is 1. The van der Waals surface area contributed by atoms with E-state index in [0.29, 0.717) is 22.7 Å². The van der Waals surface area contributed by atoms with Crippen LogP contribution in [-0.4, -0.2) is 24.0 Å². The Kier molecular flexibility index (Phi) is 6.24. The number of hydrogen-bond acceptors (Lipinski definition) is 5. The number of carbonyl (C=O) groups excluding carboxylic acids is 2. The lowest BCUT2D eigenvalue weighted by Crippen LogP contribution is -2.14. The van der Waals surface area contributed by atoms with Gasteiger partial charge in [0.05, 0.1) is 30.1 Å². The van der Waals surface area contributed by atoms with Gasteiger partial charge in [-0.3, -0.25) is 9.78 Å². The normalized spacial score (nSPS) is 10.5. The summed E-state index contributed by atoms with van der Waals surface area (Å²) in [5.74, 6) is -0.320. The molecule has 0 bridgehead atoms. The number of nitrogens with one attached hydrogen (secondary N) is 2. The molecule has 0 saturated carbocycles. The van der Waals surface area contributed by atoms with Gasteiger partial charge in [0.1, 0.15) is 0 Å². The summed E-state index contributed by atoms with van der Waals surface area (Å²) in [6, 6.07) is 16.4. The molecule has 0 aliphatic rings. The van der Waals surface area contributed by atoms with E-state index in [9.17, 15) is 9.59 Å². The topological polar surface area (TPSA) is 80.3 Å². The van der Waals surface area contributed by atoms with Gasteiger partial charge in [0, 0.05) is 17.6 Å². The molecule has 3 aromatic rings. The number of benzene rings is 2. The van der Waals surface area contributed by atoms with Crippen molar-refractivity contribution >= 4 is 28.9 Å². The Morgan fingerprint density at radius 2 is 1.66 bits per heavy atom. The molecule has 148 valence electrons. The average Bonchev–Trinajstić information content (AvgIpc) is 2.74. The Morgan fingerprint density at radius 3 is 2.34 bits per heavy atom. The van der Waals surface area contributed by atoms with E-state index < -0.39 is 5.97 Å². The molecule has 6 nitrogen and oxygen atoms in total. The molecule has 2 aromatic carbocycles. The van der Waals surface area contributed by atoms with Crippen molar-refractivity contribution in [3.8, 4) is 0 Å². The molecule has 0 fully saturated rings. The first kappa shape index (κ1) is 20.1. The summed E-state index contributed by atoms with van der Waals surface area (Å²) in [5.41, 5.74) is 4.22. The Hall–Kier alpha value is -3.67. The molecule has 29 heavy (non-hydrogen) atoms. The number of rotatable bonds is 6. The maximum Gasteiger partial charge on any atom is 0.337 e. The third-order valence-corrected chi connectivity index (χ3v) is 4.43. The number of amides is 1. The molecule has 0 aliphatic carbocycles. The van der Waals surface area contributed by atoms with Crippen LogP contribution in [0, 0.1) is 0 Å². The van der Waals surface area contributed by atoms with Gasteiger partial charge >= 0.3 is 5.97 Å². The lowest BCUT2D eigenvalue weighted by atomic mass is 10.0. The number of aromatic nitrogens is 1. The predicted octanol–water partition coefficient (Wildman–Crippen LogP) is 4.99. The summed E-state index contributed by atoms with van der Waals surface area (Å²) in [6.07, 6.45) is 3.16. The molecule has 6 heteroatoms. The molecular formula is C23H23N3O3. The third-order valence-electron chi connectivity index (χ3n) is 4.43. The van der Waals surface area contributed by atoms with E-state index in [1.54, 1.807) is 36.5 Å². The standard InChI is InChI=1S/C23H23N3O3/c1-15(2)20-6-4-5-7-21(20)26-22(27)17-12-19(14-24-13-17)25-18-10-8-16(9-11-18)23(28)29-3/h4-15,25H,1-3H3,(H,26,27). The lowest BCUT2D eigenvalue weighted by molar-refractivity contribution is 0.0600. The van der Waals surface area contributed by atoms with Crippen LogP contribution in [0.3, 0.4) is 0 Å². The van der Waals surface area contributed by atoms with Crippen LogP contribution in [-0.2, 0) is 4.74 Å². The Bertz CT molecular complexity index is 1010. The van der Waals surface area contributed by atoms with Gasteiger partial charge in [-0.2, -0.15) is 0 Å². The molecule has 0 atom stereocenters. The van der Waals surface area contributed by atoms with Crippen LogP contribution in [0.25, 0.3) is 0 Å². The first-order valence-corrected chi connectivity index (χ1v) is 9.28. The molecule has 0 saturated heterocycles. The summed E-state index contributed by atoms with van der Waals surface area (Å²) in [4.78, 5) is 28.4. The Morgan fingerprint density at radius 1 is 0.931 bits per heavy atom. The minimum absolute atomic E-state index is 0.227. The zero-order valence-corrected chi connectivity index (χ0v) is 16.6. The van der Waals surface area contributed by atoms with Crippen LogP contribution in [0.2, 0.25) is 0 Å². The number of carbonyl (C=O) groups is 2. The molecular weight excluding hydrogens is 366 g/mol. The molecule has 0 unspecified atom stereocenters. The fraction of sp³-hybridized carbons (Fsp3) is 0.174. The van der Waals surface area contributed by atoms with Gasteiger partial charge in [0.2, 0.25) is 0 Å². The highest BCUT2D eigenvalue weighted by atomic mass is 16.5. The molecule has 0 spiro atoms. The maximum atomic E-state index is 12.7. The molecule has 1 aromatic heterocycles. The minimum Gasteiger partial charge on any atom is -0.465 e. The van der Waals surface area contributed by atoms with Gasteiger partial charge in [-0.05, 0) is 47.9 Å². The number of esters is 1. The van der Waals surface area contributed by atoms with Crippen molar-refractivity contribution in [3.63, 3.8) is 0 Å². The quantitative estimate of drug-likeness (QED) is 0.581. The van der Waals surface area contributed by atoms with Crippen LogP contribution >= 0.6 is 0 Å². The van der Waals surface area contributed by atoms with Crippen molar-refractivity contribution in [3.05, 3.63) is 83.7 Å². The van der Waals surface area contributed by atoms with Crippen molar-refractivity contribution in [2.75, 3.05) is 17.7 Å². The fourth-order valence-electron chi connectivity index (χ4n) is 2.92. The predicted molar refractivity (Wildman–Crippen MR) is 114 cm³/mol. The molecule has 0 aliphatic heterocycles. The highest BCUT2D eigenvalue weighted by Gasteiger charge is 2.12. The van der Waals surface area contributed by atoms with E-state index >= 15 is 0 Å². The first-order valence-electron chi connectivity index (χ1n) is 9.28. The Balaban J connectivity index is 1.74. The number of nitrogens with zero attached hydrogens (tertiary/aromatic N) is 1. The van der Waals surface area contributed by atoms with Crippen molar-refractivity contribution in [2.45, 2.75) is 19.8 Å². The van der Waals surface area contributed by atoms with Crippen molar-refractivity contribution in [2.24, 2.45) is 0 Å². The van der Waals surface area contributed by atoms with Crippen molar-refractivity contribution < 1.29 is 14.3 Å². The molecule has 1 amide bonds. The second kappa shape index (κ2) is 9.01. The first-order chi connectivity index (χ1) is 14.0. The zero-order valence-electron chi connectivity index (χ0n) is 16.6. The second-order valence-electron chi connectivity index (χ2n) is 6.85. The maximum absolute atomic E-state index is 12.7. The van der Waals surface area contributed by atoms with E-state index in [2.05, 4.69) is 29.5 Å². The molecule has 1 heterocycles. The van der Waals surface area contributed by atoms with Crippen LogP contribution in [0.4, 0.5) is 17.1 Å². The summed E-state index contributed by atoms with van der Waals surface area (Å²) < 4.78 is 4.69. The minimum atomic E-state index is -0.390. The van der Waals surface area contributed by atoms with E-state index in [-0.39, 0.29) is 5.91 Å². The van der Waals surface area contributed by atoms with Gasteiger partial charge in [-0.15, -0.1) is 0 Å².